The summed E-state index contributed by atoms with van der Waals surface area (Å²) in [6, 6.07) is 6.77. The van der Waals surface area contributed by atoms with Crippen molar-refractivity contribution in [3.05, 3.63) is 64.4 Å². The molecule has 0 aliphatic rings. The second-order valence-electron chi connectivity index (χ2n) is 4.17. The van der Waals surface area contributed by atoms with Crippen molar-refractivity contribution in [1.29, 1.82) is 0 Å². The van der Waals surface area contributed by atoms with E-state index in [-0.39, 0.29) is 5.56 Å². The summed E-state index contributed by atoms with van der Waals surface area (Å²) in [6.07, 6.45) is 0. The standard InChI is InChI=1S/C14H11ClF3NO/c15-8-1-3-9(4-2-8)19-14(7-20)10-5-12(17)13(18)6-11(10)16/h1-6,14,19-20H,7H2. The van der Waals surface area contributed by atoms with E-state index in [1.54, 1.807) is 24.3 Å². The number of aliphatic hydroxyl groups excluding tert-OH is 1. The molecule has 20 heavy (non-hydrogen) atoms. The van der Waals surface area contributed by atoms with E-state index in [1.807, 2.05) is 0 Å². The Kier molecular flexibility index (Phi) is 4.52. The van der Waals surface area contributed by atoms with Crippen LogP contribution in [-0.2, 0) is 0 Å². The molecule has 0 amide bonds. The van der Waals surface area contributed by atoms with Crippen LogP contribution in [0.1, 0.15) is 11.6 Å². The second kappa shape index (κ2) is 6.15. The maximum atomic E-state index is 13.7. The molecule has 2 aromatic rings. The minimum atomic E-state index is -1.27. The molecule has 0 aliphatic carbocycles. The Morgan fingerprint density at radius 1 is 1.00 bits per heavy atom. The Bertz CT molecular complexity index is 604. The maximum absolute atomic E-state index is 13.7. The topological polar surface area (TPSA) is 32.3 Å². The smallest absolute Gasteiger partial charge is 0.161 e. The average Bonchev–Trinajstić information content (AvgIpc) is 2.43. The minimum Gasteiger partial charge on any atom is -0.394 e. The van der Waals surface area contributed by atoms with Crippen molar-refractivity contribution in [2.45, 2.75) is 6.04 Å². The van der Waals surface area contributed by atoms with Gasteiger partial charge in [-0.2, -0.15) is 0 Å². The van der Waals surface area contributed by atoms with E-state index in [1.165, 1.54) is 0 Å². The van der Waals surface area contributed by atoms with Gasteiger partial charge in [-0.1, -0.05) is 11.6 Å². The van der Waals surface area contributed by atoms with Crippen LogP contribution >= 0.6 is 11.6 Å². The maximum Gasteiger partial charge on any atom is 0.161 e. The number of nitrogens with one attached hydrogen (secondary N) is 1. The summed E-state index contributed by atoms with van der Waals surface area (Å²) < 4.78 is 39.7. The fourth-order valence-corrected chi connectivity index (χ4v) is 1.90. The molecule has 2 nitrogen and oxygen atoms in total. The van der Waals surface area contributed by atoms with Crippen molar-refractivity contribution in [2.75, 3.05) is 11.9 Å². The Labute approximate surface area is 118 Å². The van der Waals surface area contributed by atoms with Gasteiger partial charge in [-0.25, -0.2) is 13.2 Å². The zero-order valence-electron chi connectivity index (χ0n) is 10.2. The van der Waals surface area contributed by atoms with Crippen molar-refractivity contribution in [3.8, 4) is 0 Å². The van der Waals surface area contributed by atoms with Gasteiger partial charge in [0.1, 0.15) is 5.82 Å². The number of anilines is 1. The first kappa shape index (κ1) is 14.7. The van der Waals surface area contributed by atoms with E-state index in [4.69, 9.17) is 11.6 Å². The SMILES string of the molecule is OCC(Nc1ccc(Cl)cc1)c1cc(F)c(F)cc1F. The van der Waals surface area contributed by atoms with Gasteiger partial charge >= 0.3 is 0 Å². The molecule has 1 atom stereocenters. The number of halogens is 4. The fourth-order valence-electron chi connectivity index (χ4n) is 1.77. The summed E-state index contributed by atoms with van der Waals surface area (Å²) in [5.41, 5.74) is 0.416. The van der Waals surface area contributed by atoms with Crippen LogP contribution < -0.4 is 5.32 Å². The van der Waals surface area contributed by atoms with Crippen LogP contribution in [0, 0.1) is 17.5 Å². The van der Waals surface area contributed by atoms with Gasteiger partial charge in [-0.15, -0.1) is 0 Å². The summed E-state index contributed by atoms with van der Waals surface area (Å²) in [7, 11) is 0. The lowest BCUT2D eigenvalue weighted by molar-refractivity contribution is 0.273. The number of rotatable bonds is 4. The number of hydrogen-bond donors (Lipinski definition) is 2. The highest BCUT2D eigenvalue weighted by atomic mass is 35.5. The van der Waals surface area contributed by atoms with Crippen LogP contribution in [0.2, 0.25) is 5.02 Å². The van der Waals surface area contributed by atoms with Gasteiger partial charge in [0.2, 0.25) is 0 Å². The third-order valence-electron chi connectivity index (χ3n) is 2.78. The molecule has 2 N–H and O–H groups in total. The van der Waals surface area contributed by atoms with Crippen molar-refractivity contribution < 1.29 is 18.3 Å². The van der Waals surface area contributed by atoms with Crippen molar-refractivity contribution in [2.24, 2.45) is 0 Å². The Morgan fingerprint density at radius 2 is 1.60 bits per heavy atom. The van der Waals surface area contributed by atoms with Crippen LogP contribution in [-0.4, -0.2) is 11.7 Å². The summed E-state index contributed by atoms with van der Waals surface area (Å²) in [5, 5.41) is 12.7. The largest absolute Gasteiger partial charge is 0.394 e. The molecule has 0 bridgehead atoms. The number of benzene rings is 2. The highest BCUT2D eigenvalue weighted by Gasteiger charge is 2.18. The van der Waals surface area contributed by atoms with Gasteiger partial charge in [-0.3, -0.25) is 0 Å². The third-order valence-corrected chi connectivity index (χ3v) is 3.03. The molecule has 0 saturated carbocycles. The van der Waals surface area contributed by atoms with E-state index < -0.39 is 30.1 Å². The van der Waals surface area contributed by atoms with Gasteiger partial charge < -0.3 is 10.4 Å². The molecule has 0 fully saturated rings. The average molecular weight is 302 g/mol. The fraction of sp³-hybridized carbons (Fsp3) is 0.143. The molecule has 0 spiro atoms. The van der Waals surface area contributed by atoms with Gasteiger partial charge in [0.05, 0.1) is 12.6 Å². The number of aliphatic hydroxyl groups is 1. The van der Waals surface area contributed by atoms with E-state index in [0.717, 1.165) is 6.07 Å². The summed E-state index contributed by atoms with van der Waals surface area (Å²) >= 11 is 5.73. The van der Waals surface area contributed by atoms with Crippen molar-refractivity contribution in [1.82, 2.24) is 0 Å². The lowest BCUT2D eigenvalue weighted by Gasteiger charge is -2.19. The molecule has 0 radical (unpaired) electrons. The van der Waals surface area contributed by atoms with Crippen LogP contribution in [0.15, 0.2) is 36.4 Å². The van der Waals surface area contributed by atoms with E-state index in [2.05, 4.69) is 5.32 Å². The minimum absolute atomic E-state index is 0.152. The van der Waals surface area contributed by atoms with Crippen LogP contribution in [0.25, 0.3) is 0 Å². The molecule has 0 saturated heterocycles. The summed E-state index contributed by atoms with van der Waals surface area (Å²) in [5.74, 6) is -3.36. The molecular weight excluding hydrogens is 291 g/mol. The first-order valence-electron chi connectivity index (χ1n) is 5.78. The van der Waals surface area contributed by atoms with E-state index in [0.29, 0.717) is 16.8 Å². The van der Waals surface area contributed by atoms with Crippen molar-refractivity contribution in [3.63, 3.8) is 0 Å². The molecule has 0 heterocycles. The molecule has 2 rings (SSSR count). The molecule has 1 unspecified atom stereocenters. The van der Waals surface area contributed by atoms with Gasteiger partial charge in [0.15, 0.2) is 11.6 Å². The Balaban J connectivity index is 2.28. The van der Waals surface area contributed by atoms with Gasteiger partial charge in [0.25, 0.3) is 0 Å². The van der Waals surface area contributed by atoms with E-state index >= 15 is 0 Å². The first-order chi connectivity index (χ1) is 9.51. The lowest BCUT2D eigenvalue weighted by Crippen LogP contribution is -2.17. The zero-order valence-corrected chi connectivity index (χ0v) is 11.0. The van der Waals surface area contributed by atoms with Gasteiger partial charge in [-0.05, 0) is 30.3 Å². The highest BCUT2D eigenvalue weighted by Crippen LogP contribution is 2.24. The molecule has 6 heteroatoms. The molecule has 2 aromatic carbocycles. The molecule has 0 aromatic heterocycles. The second-order valence-corrected chi connectivity index (χ2v) is 4.61. The quantitative estimate of drug-likeness (QED) is 0.839. The Hall–Kier alpha value is -1.72. The monoisotopic (exact) mass is 301 g/mol. The first-order valence-corrected chi connectivity index (χ1v) is 6.16. The zero-order chi connectivity index (χ0) is 14.7. The molecule has 106 valence electrons. The van der Waals surface area contributed by atoms with Crippen molar-refractivity contribution >= 4 is 17.3 Å². The molecular formula is C14H11ClF3NO. The predicted molar refractivity (Wildman–Crippen MR) is 71.2 cm³/mol. The van der Waals surface area contributed by atoms with E-state index in [9.17, 15) is 18.3 Å². The number of hydrogen-bond acceptors (Lipinski definition) is 2. The van der Waals surface area contributed by atoms with Crippen LogP contribution in [0.4, 0.5) is 18.9 Å². The Morgan fingerprint density at radius 3 is 2.20 bits per heavy atom. The van der Waals surface area contributed by atoms with Gasteiger partial charge in [0, 0.05) is 22.3 Å². The van der Waals surface area contributed by atoms with Crippen LogP contribution in [0.5, 0.6) is 0 Å². The predicted octanol–water partition coefficient (Wildman–Crippen LogP) is 3.90. The highest BCUT2D eigenvalue weighted by molar-refractivity contribution is 6.30. The lowest BCUT2D eigenvalue weighted by atomic mass is 10.1. The normalized spacial score (nSPS) is 12.2. The van der Waals surface area contributed by atoms with Crippen LogP contribution in [0.3, 0.4) is 0 Å². The molecule has 0 aliphatic heterocycles. The summed E-state index contributed by atoms with van der Waals surface area (Å²) in [6.45, 7) is -0.482. The third kappa shape index (κ3) is 3.23. The summed E-state index contributed by atoms with van der Waals surface area (Å²) in [4.78, 5) is 0.